The Morgan fingerprint density at radius 3 is 2.58 bits per heavy atom. The maximum Gasteiger partial charge on any atom is 0.226 e. The lowest BCUT2D eigenvalue weighted by molar-refractivity contribution is 0.288. The molecule has 5 aromatic rings. The number of oxazole rings is 1. The van der Waals surface area contributed by atoms with Crippen LogP contribution in [0, 0.1) is 33.5 Å². The van der Waals surface area contributed by atoms with Gasteiger partial charge in [0.05, 0.1) is 11.4 Å². The number of ether oxygens (including phenoxy) is 1. The summed E-state index contributed by atoms with van der Waals surface area (Å²) in [6, 6.07) is 16.2. The normalized spacial score (nSPS) is 11.3. The van der Waals surface area contributed by atoms with E-state index in [4.69, 9.17) is 9.15 Å². The van der Waals surface area contributed by atoms with Crippen molar-refractivity contribution in [1.29, 1.82) is 0 Å². The Hall–Kier alpha value is -4.00. The molecule has 0 saturated heterocycles. The Bertz CT molecular complexity index is 1490. The first kappa shape index (κ1) is 20.9. The zero-order valence-electron chi connectivity index (χ0n) is 18.9. The van der Waals surface area contributed by atoms with E-state index in [9.17, 15) is 4.39 Å². The number of halogens is 1. The topological polar surface area (TPSA) is 66.0 Å². The molecule has 0 fully saturated rings. The van der Waals surface area contributed by atoms with Gasteiger partial charge in [-0.1, -0.05) is 23.8 Å². The van der Waals surface area contributed by atoms with Gasteiger partial charge in [0.2, 0.25) is 11.8 Å². The zero-order chi connectivity index (χ0) is 23.1. The van der Waals surface area contributed by atoms with E-state index in [1.54, 1.807) is 16.8 Å². The van der Waals surface area contributed by atoms with E-state index < -0.39 is 0 Å². The number of fused-ring (bicyclic) bond motifs is 1. The van der Waals surface area contributed by atoms with Crippen molar-refractivity contribution in [2.75, 3.05) is 0 Å². The van der Waals surface area contributed by atoms with Crippen LogP contribution in [0.1, 0.15) is 28.3 Å². The molecule has 0 aliphatic rings. The molecule has 5 rings (SSSR count). The number of nitrogens with zero attached hydrogens (tertiary/aromatic N) is 4. The van der Waals surface area contributed by atoms with Gasteiger partial charge in [-0.3, -0.25) is 0 Å². The largest absolute Gasteiger partial charge is 0.471 e. The van der Waals surface area contributed by atoms with Crippen LogP contribution in [0.4, 0.5) is 4.39 Å². The molecule has 6 nitrogen and oxygen atoms in total. The maximum atomic E-state index is 13.8. The van der Waals surface area contributed by atoms with E-state index in [-0.39, 0.29) is 12.4 Å². The number of benzene rings is 2. The lowest BCUT2D eigenvalue weighted by atomic mass is 10.1. The van der Waals surface area contributed by atoms with Crippen molar-refractivity contribution in [3.8, 4) is 23.0 Å². The average Bonchev–Trinajstić information content (AvgIpc) is 3.32. The lowest BCUT2D eigenvalue weighted by Gasteiger charge is -2.08. The first-order valence-electron chi connectivity index (χ1n) is 10.7. The molecule has 3 aromatic heterocycles. The molecular formula is C26H23FN4O2. The van der Waals surface area contributed by atoms with Gasteiger partial charge in [-0.2, -0.15) is 10.1 Å². The van der Waals surface area contributed by atoms with Gasteiger partial charge in [-0.25, -0.2) is 14.1 Å². The van der Waals surface area contributed by atoms with Crippen LogP contribution in [0.2, 0.25) is 0 Å². The van der Waals surface area contributed by atoms with Crippen molar-refractivity contribution in [3.63, 3.8) is 0 Å². The molecule has 0 atom stereocenters. The molecule has 166 valence electrons. The highest BCUT2D eigenvalue weighted by atomic mass is 19.1. The Balaban J connectivity index is 1.46. The van der Waals surface area contributed by atoms with Crippen LogP contribution in [-0.4, -0.2) is 19.7 Å². The number of hydrogen-bond donors (Lipinski definition) is 0. The van der Waals surface area contributed by atoms with E-state index in [0.717, 1.165) is 27.8 Å². The van der Waals surface area contributed by atoms with Gasteiger partial charge in [0, 0.05) is 17.0 Å². The smallest absolute Gasteiger partial charge is 0.226 e. The van der Waals surface area contributed by atoms with Crippen molar-refractivity contribution in [2.24, 2.45) is 0 Å². The molecule has 0 unspecified atom stereocenters. The highest BCUT2D eigenvalue weighted by Crippen LogP contribution is 2.28. The van der Waals surface area contributed by atoms with Crippen LogP contribution in [0.15, 0.2) is 59.0 Å². The molecular weight excluding hydrogens is 419 g/mol. The van der Waals surface area contributed by atoms with Crippen LogP contribution in [0.3, 0.4) is 0 Å². The van der Waals surface area contributed by atoms with E-state index in [0.29, 0.717) is 34.6 Å². The van der Waals surface area contributed by atoms with Gasteiger partial charge in [0.15, 0.2) is 5.65 Å². The highest BCUT2D eigenvalue weighted by molar-refractivity contribution is 5.84. The fraction of sp³-hybridized carbons (Fsp3) is 0.192. The van der Waals surface area contributed by atoms with Crippen molar-refractivity contribution in [2.45, 2.75) is 34.3 Å². The molecule has 0 aliphatic carbocycles. The summed E-state index contributed by atoms with van der Waals surface area (Å²) < 4.78 is 27.3. The second-order valence-corrected chi connectivity index (χ2v) is 8.13. The summed E-state index contributed by atoms with van der Waals surface area (Å²) >= 11 is 0. The number of pyridine rings is 1. The summed E-state index contributed by atoms with van der Waals surface area (Å²) in [7, 11) is 0. The molecule has 0 radical (unpaired) electrons. The summed E-state index contributed by atoms with van der Waals surface area (Å²) in [6.07, 6.45) is 0. The van der Waals surface area contributed by atoms with E-state index >= 15 is 0 Å². The molecule has 33 heavy (non-hydrogen) atoms. The SMILES string of the molecule is Cc1cccc(-c2nc(COc3cc(C)c4c(C)nn(-c5cccc(F)c5)c4n3)c(C)o2)c1. The second kappa shape index (κ2) is 8.16. The quantitative estimate of drug-likeness (QED) is 0.333. The summed E-state index contributed by atoms with van der Waals surface area (Å²) in [6.45, 7) is 8.02. The van der Waals surface area contributed by atoms with Crippen LogP contribution < -0.4 is 4.74 Å². The Kier molecular flexibility index (Phi) is 5.17. The molecule has 0 aliphatic heterocycles. The molecule has 0 spiro atoms. The fourth-order valence-electron chi connectivity index (χ4n) is 3.94. The summed E-state index contributed by atoms with van der Waals surface area (Å²) in [5.41, 5.74) is 5.79. The molecule has 3 heterocycles. The molecule has 7 heteroatoms. The van der Waals surface area contributed by atoms with Crippen LogP contribution in [0.5, 0.6) is 5.88 Å². The predicted octanol–water partition coefficient (Wildman–Crippen LogP) is 6.03. The minimum absolute atomic E-state index is 0.214. The minimum atomic E-state index is -0.330. The Morgan fingerprint density at radius 2 is 1.79 bits per heavy atom. The predicted molar refractivity (Wildman–Crippen MR) is 124 cm³/mol. The standard InChI is InChI=1S/C26H23FN4O2/c1-15-7-5-8-19(11-15)26-28-22(18(4)33-26)14-32-23-12-16(2)24-17(3)30-31(25(24)29-23)21-10-6-9-20(27)13-21/h5-13H,14H2,1-4H3. The number of aryl methyl sites for hydroxylation is 4. The van der Waals surface area contributed by atoms with Crippen LogP contribution >= 0.6 is 0 Å². The average molecular weight is 442 g/mol. The van der Waals surface area contributed by atoms with Crippen molar-refractivity contribution in [3.05, 3.63) is 88.7 Å². The summed E-state index contributed by atoms with van der Waals surface area (Å²) in [5.74, 6) is 1.38. The van der Waals surface area contributed by atoms with Crippen molar-refractivity contribution in [1.82, 2.24) is 19.7 Å². The number of rotatable bonds is 5. The van der Waals surface area contributed by atoms with Gasteiger partial charge in [-0.05, 0) is 63.6 Å². The zero-order valence-corrected chi connectivity index (χ0v) is 18.9. The molecule has 0 N–H and O–H groups in total. The van der Waals surface area contributed by atoms with Gasteiger partial charge in [0.25, 0.3) is 0 Å². The fourth-order valence-corrected chi connectivity index (χ4v) is 3.94. The molecule has 2 aromatic carbocycles. The van der Waals surface area contributed by atoms with Crippen molar-refractivity contribution >= 4 is 11.0 Å². The monoisotopic (exact) mass is 442 g/mol. The van der Waals surface area contributed by atoms with E-state index in [1.165, 1.54) is 12.1 Å². The summed E-state index contributed by atoms with van der Waals surface area (Å²) in [5, 5.41) is 5.51. The van der Waals surface area contributed by atoms with E-state index in [2.05, 4.69) is 15.1 Å². The lowest BCUT2D eigenvalue weighted by Crippen LogP contribution is -2.02. The summed E-state index contributed by atoms with van der Waals surface area (Å²) in [4.78, 5) is 9.30. The molecule has 0 amide bonds. The van der Waals surface area contributed by atoms with Gasteiger partial charge >= 0.3 is 0 Å². The first-order chi connectivity index (χ1) is 15.9. The molecule has 0 bridgehead atoms. The van der Waals surface area contributed by atoms with Crippen LogP contribution in [-0.2, 0) is 6.61 Å². The van der Waals surface area contributed by atoms with Gasteiger partial charge in [-0.15, -0.1) is 0 Å². The number of hydrogen-bond acceptors (Lipinski definition) is 5. The first-order valence-corrected chi connectivity index (χ1v) is 10.7. The maximum absolute atomic E-state index is 13.8. The Morgan fingerprint density at radius 1 is 0.970 bits per heavy atom. The second-order valence-electron chi connectivity index (χ2n) is 8.13. The third-order valence-corrected chi connectivity index (χ3v) is 5.55. The Labute approximate surface area is 190 Å². The third-order valence-electron chi connectivity index (χ3n) is 5.55. The number of aromatic nitrogens is 4. The van der Waals surface area contributed by atoms with E-state index in [1.807, 2.05) is 58.0 Å². The highest BCUT2D eigenvalue weighted by Gasteiger charge is 2.17. The minimum Gasteiger partial charge on any atom is -0.471 e. The van der Waals surface area contributed by atoms with Crippen molar-refractivity contribution < 1.29 is 13.5 Å². The van der Waals surface area contributed by atoms with Gasteiger partial charge in [0.1, 0.15) is 23.9 Å². The van der Waals surface area contributed by atoms with Crippen LogP contribution in [0.25, 0.3) is 28.2 Å². The third kappa shape index (κ3) is 3.98. The van der Waals surface area contributed by atoms with Gasteiger partial charge < -0.3 is 9.15 Å². The molecule has 0 saturated carbocycles.